The highest BCUT2D eigenvalue weighted by atomic mass is 35.5. The molecule has 1 amide bonds. The van der Waals surface area contributed by atoms with Crippen molar-refractivity contribution in [2.45, 2.75) is 0 Å². The van der Waals surface area contributed by atoms with Gasteiger partial charge in [-0.05, 0) is 36.4 Å². The lowest BCUT2D eigenvalue weighted by molar-refractivity contribution is 0.102. The minimum atomic E-state index is -0.194. The molecule has 0 saturated carbocycles. The zero-order chi connectivity index (χ0) is 17.9. The number of aromatic nitrogens is 2. The second-order valence-corrected chi connectivity index (χ2v) is 6.19. The Labute approximate surface area is 155 Å². The molecule has 0 aliphatic rings. The van der Waals surface area contributed by atoms with E-state index in [4.69, 9.17) is 11.6 Å². The molecule has 26 heavy (non-hydrogen) atoms. The van der Waals surface area contributed by atoms with Gasteiger partial charge in [0.2, 0.25) is 0 Å². The summed E-state index contributed by atoms with van der Waals surface area (Å²) >= 11 is 6.17. The Kier molecular flexibility index (Phi) is 4.33. The summed E-state index contributed by atoms with van der Waals surface area (Å²) in [6.45, 7) is 0. The summed E-state index contributed by atoms with van der Waals surface area (Å²) < 4.78 is 0. The third kappa shape index (κ3) is 3.27. The second-order valence-electron chi connectivity index (χ2n) is 5.78. The number of anilines is 1. The first-order valence-corrected chi connectivity index (χ1v) is 8.45. The number of pyridine rings is 2. The fourth-order valence-corrected chi connectivity index (χ4v) is 2.95. The summed E-state index contributed by atoms with van der Waals surface area (Å²) in [4.78, 5) is 21.1. The summed E-state index contributed by atoms with van der Waals surface area (Å²) in [5, 5.41) is 4.43. The SMILES string of the molecule is O=C(Nc1cnc2ccccc2c1)c1ccc(-c2ncccc2Cl)cc1. The van der Waals surface area contributed by atoms with Crippen molar-refractivity contribution in [1.82, 2.24) is 9.97 Å². The van der Waals surface area contributed by atoms with Gasteiger partial charge in [-0.15, -0.1) is 0 Å². The fourth-order valence-electron chi connectivity index (χ4n) is 2.72. The molecule has 4 rings (SSSR count). The summed E-state index contributed by atoms with van der Waals surface area (Å²) in [7, 11) is 0. The van der Waals surface area contributed by atoms with Crippen molar-refractivity contribution in [3.63, 3.8) is 0 Å². The average molecular weight is 360 g/mol. The first-order valence-electron chi connectivity index (χ1n) is 8.08. The number of hydrogen-bond acceptors (Lipinski definition) is 3. The van der Waals surface area contributed by atoms with Gasteiger partial charge in [-0.3, -0.25) is 14.8 Å². The molecule has 2 aromatic heterocycles. The number of nitrogens with zero attached hydrogens (tertiary/aromatic N) is 2. The largest absolute Gasteiger partial charge is 0.321 e. The molecule has 0 unspecified atom stereocenters. The molecule has 5 heteroatoms. The molecule has 4 aromatic rings. The maximum Gasteiger partial charge on any atom is 0.255 e. The number of fused-ring (bicyclic) bond motifs is 1. The van der Waals surface area contributed by atoms with Crippen molar-refractivity contribution in [1.29, 1.82) is 0 Å². The predicted molar refractivity (Wildman–Crippen MR) is 104 cm³/mol. The van der Waals surface area contributed by atoms with Gasteiger partial charge in [-0.2, -0.15) is 0 Å². The van der Waals surface area contributed by atoms with Gasteiger partial charge in [-0.1, -0.05) is 41.9 Å². The highest BCUT2D eigenvalue weighted by molar-refractivity contribution is 6.33. The molecule has 0 atom stereocenters. The number of rotatable bonds is 3. The van der Waals surface area contributed by atoms with E-state index in [0.29, 0.717) is 22.0 Å². The average Bonchev–Trinajstić information content (AvgIpc) is 2.68. The lowest BCUT2D eigenvalue weighted by atomic mass is 10.1. The minimum absolute atomic E-state index is 0.194. The van der Waals surface area contributed by atoms with Gasteiger partial charge < -0.3 is 5.32 Å². The molecular weight excluding hydrogens is 346 g/mol. The fraction of sp³-hybridized carbons (Fsp3) is 0. The van der Waals surface area contributed by atoms with Crippen LogP contribution in [0.3, 0.4) is 0 Å². The van der Waals surface area contributed by atoms with Crippen LogP contribution in [-0.2, 0) is 0 Å². The molecule has 2 heterocycles. The van der Waals surface area contributed by atoms with Crippen LogP contribution in [0.1, 0.15) is 10.4 Å². The maximum absolute atomic E-state index is 12.5. The normalized spacial score (nSPS) is 10.7. The number of nitrogens with one attached hydrogen (secondary N) is 1. The van der Waals surface area contributed by atoms with E-state index in [1.54, 1.807) is 36.7 Å². The predicted octanol–water partition coefficient (Wildman–Crippen LogP) is 5.20. The smallest absolute Gasteiger partial charge is 0.255 e. The highest BCUT2D eigenvalue weighted by Crippen LogP contribution is 2.25. The van der Waals surface area contributed by atoms with E-state index in [1.165, 1.54) is 0 Å². The standard InChI is InChI=1S/C21H14ClN3O/c22-18-5-3-11-23-20(18)14-7-9-15(10-8-14)21(26)25-17-12-16-4-1-2-6-19(16)24-13-17/h1-13H,(H,25,26). The summed E-state index contributed by atoms with van der Waals surface area (Å²) in [6, 6.07) is 20.4. The Balaban J connectivity index is 1.55. The van der Waals surface area contributed by atoms with E-state index in [-0.39, 0.29) is 5.91 Å². The molecule has 4 nitrogen and oxygen atoms in total. The molecule has 0 saturated heterocycles. The van der Waals surface area contributed by atoms with Crippen molar-refractivity contribution in [2.24, 2.45) is 0 Å². The van der Waals surface area contributed by atoms with Crippen LogP contribution in [0, 0.1) is 0 Å². The van der Waals surface area contributed by atoms with Crippen molar-refractivity contribution in [2.75, 3.05) is 5.32 Å². The summed E-state index contributed by atoms with van der Waals surface area (Å²) in [5.74, 6) is -0.194. The van der Waals surface area contributed by atoms with Crippen LogP contribution in [0.4, 0.5) is 5.69 Å². The topological polar surface area (TPSA) is 54.9 Å². The Morgan fingerprint density at radius 3 is 2.54 bits per heavy atom. The maximum atomic E-state index is 12.5. The number of hydrogen-bond donors (Lipinski definition) is 1. The van der Waals surface area contributed by atoms with Gasteiger partial charge in [0, 0.05) is 22.7 Å². The van der Waals surface area contributed by atoms with E-state index in [9.17, 15) is 4.79 Å². The van der Waals surface area contributed by atoms with Gasteiger partial charge in [0.05, 0.1) is 28.1 Å². The Bertz CT molecular complexity index is 1090. The van der Waals surface area contributed by atoms with E-state index < -0.39 is 0 Å². The Hall–Kier alpha value is -3.24. The number of para-hydroxylation sites is 1. The van der Waals surface area contributed by atoms with Gasteiger partial charge in [-0.25, -0.2) is 0 Å². The third-order valence-corrected chi connectivity index (χ3v) is 4.33. The molecule has 0 radical (unpaired) electrons. The molecule has 0 bridgehead atoms. The zero-order valence-electron chi connectivity index (χ0n) is 13.7. The molecule has 0 aliphatic carbocycles. The second kappa shape index (κ2) is 6.94. The first kappa shape index (κ1) is 16.2. The molecule has 126 valence electrons. The number of halogens is 1. The number of benzene rings is 2. The van der Waals surface area contributed by atoms with E-state index in [2.05, 4.69) is 15.3 Å². The van der Waals surface area contributed by atoms with Crippen LogP contribution in [0.15, 0.2) is 79.1 Å². The molecule has 0 spiro atoms. The number of carbonyl (C=O) groups is 1. The molecule has 0 fully saturated rings. The van der Waals surface area contributed by atoms with E-state index >= 15 is 0 Å². The zero-order valence-corrected chi connectivity index (χ0v) is 14.4. The van der Waals surface area contributed by atoms with Crippen molar-refractivity contribution >= 4 is 34.1 Å². The van der Waals surface area contributed by atoms with Gasteiger partial charge in [0.15, 0.2) is 0 Å². The van der Waals surface area contributed by atoms with E-state index in [1.807, 2.05) is 42.5 Å². The third-order valence-electron chi connectivity index (χ3n) is 4.03. The number of carbonyl (C=O) groups excluding carboxylic acids is 1. The number of amides is 1. The molecule has 1 N–H and O–H groups in total. The Morgan fingerprint density at radius 2 is 1.73 bits per heavy atom. The molecule has 2 aromatic carbocycles. The van der Waals surface area contributed by atoms with Crippen molar-refractivity contribution in [3.8, 4) is 11.3 Å². The van der Waals surface area contributed by atoms with Crippen molar-refractivity contribution in [3.05, 3.63) is 89.7 Å². The monoisotopic (exact) mass is 359 g/mol. The van der Waals surface area contributed by atoms with Crippen LogP contribution >= 0.6 is 11.6 Å². The van der Waals surface area contributed by atoms with Crippen LogP contribution in [0.2, 0.25) is 5.02 Å². The van der Waals surface area contributed by atoms with Crippen LogP contribution in [0.25, 0.3) is 22.2 Å². The van der Waals surface area contributed by atoms with Crippen molar-refractivity contribution < 1.29 is 4.79 Å². The molecule has 0 aliphatic heterocycles. The van der Waals surface area contributed by atoms with Crippen LogP contribution in [0.5, 0.6) is 0 Å². The van der Waals surface area contributed by atoms with Crippen LogP contribution in [-0.4, -0.2) is 15.9 Å². The van der Waals surface area contributed by atoms with Gasteiger partial charge >= 0.3 is 0 Å². The minimum Gasteiger partial charge on any atom is -0.321 e. The van der Waals surface area contributed by atoms with Gasteiger partial charge in [0.1, 0.15) is 0 Å². The summed E-state index contributed by atoms with van der Waals surface area (Å²) in [6.07, 6.45) is 3.34. The highest BCUT2D eigenvalue weighted by Gasteiger charge is 2.09. The Morgan fingerprint density at radius 1 is 0.923 bits per heavy atom. The lowest BCUT2D eigenvalue weighted by Crippen LogP contribution is -2.11. The summed E-state index contributed by atoms with van der Waals surface area (Å²) in [5.41, 5.74) is 3.65. The molecular formula is C21H14ClN3O. The lowest BCUT2D eigenvalue weighted by Gasteiger charge is -2.07. The van der Waals surface area contributed by atoms with Crippen LogP contribution < -0.4 is 5.32 Å². The quantitative estimate of drug-likeness (QED) is 0.546. The first-order chi connectivity index (χ1) is 12.7. The van der Waals surface area contributed by atoms with Gasteiger partial charge in [0.25, 0.3) is 5.91 Å². The van der Waals surface area contributed by atoms with E-state index in [0.717, 1.165) is 16.5 Å².